The van der Waals surface area contributed by atoms with Gasteiger partial charge in [0, 0.05) is 43.3 Å². The standard InChI is InChI=1S/C30H30F2N4O5/c1-2-40-30(39)22-15-36(19-5-6-19)29-21(28(22)38)13-18-14-23(31)27(25(32)26(18)34-29)35-10-9-33-24(16-35)17-3-7-20(8-4-17)41-12-11-37/h3-4,7-8,13-15,19,24,33,37H,2,5-6,9-12,16H2,1H3. The van der Waals surface area contributed by atoms with Gasteiger partial charge in [-0.15, -0.1) is 0 Å². The second kappa shape index (κ2) is 11.1. The summed E-state index contributed by atoms with van der Waals surface area (Å²) < 4.78 is 43.9. The predicted octanol–water partition coefficient (Wildman–Crippen LogP) is 3.86. The number of carbonyl (C=O) groups excluding carboxylic acids is 1. The number of carbonyl (C=O) groups is 1. The number of anilines is 1. The Morgan fingerprint density at radius 3 is 2.68 bits per heavy atom. The van der Waals surface area contributed by atoms with E-state index in [1.54, 1.807) is 28.5 Å². The summed E-state index contributed by atoms with van der Waals surface area (Å²) in [5, 5.41) is 12.6. The average molecular weight is 565 g/mol. The van der Waals surface area contributed by atoms with Crippen LogP contribution in [0.25, 0.3) is 21.9 Å². The van der Waals surface area contributed by atoms with Gasteiger partial charge >= 0.3 is 5.97 Å². The van der Waals surface area contributed by atoms with Gasteiger partial charge in [0.25, 0.3) is 0 Å². The van der Waals surface area contributed by atoms with Gasteiger partial charge in [0.2, 0.25) is 5.43 Å². The number of nitrogens with zero attached hydrogens (tertiary/aromatic N) is 3. The Kier molecular flexibility index (Phi) is 7.31. The van der Waals surface area contributed by atoms with E-state index in [9.17, 15) is 9.59 Å². The Labute approximate surface area is 234 Å². The van der Waals surface area contributed by atoms with Crippen molar-refractivity contribution >= 4 is 33.6 Å². The molecule has 0 radical (unpaired) electrons. The van der Waals surface area contributed by atoms with E-state index >= 15 is 8.78 Å². The molecule has 2 aromatic carbocycles. The van der Waals surface area contributed by atoms with Crippen LogP contribution in [0.5, 0.6) is 5.75 Å². The molecule has 4 aromatic rings. The van der Waals surface area contributed by atoms with Crippen LogP contribution in [-0.2, 0) is 4.74 Å². The number of nitrogens with one attached hydrogen (secondary N) is 1. The number of ether oxygens (including phenoxy) is 2. The van der Waals surface area contributed by atoms with E-state index in [4.69, 9.17) is 14.6 Å². The maximum Gasteiger partial charge on any atom is 0.343 e. The summed E-state index contributed by atoms with van der Waals surface area (Å²) in [6.45, 7) is 3.10. The number of hydrogen-bond donors (Lipinski definition) is 2. The van der Waals surface area contributed by atoms with Crippen molar-refractivity contribution in [2.24, 2.45) is 0 Å². The number of piperazine rings is 1. The second-order valence-corrected chi connectivity index (χ2v) is 10.3. The van der Waals surface area contributed by atoms with E-state index in [0.29, 0.717) is 25.4 Å². The number of esters is 1. The maximum atomic E-state index is 16.1. The number of pyridine rings is 2. The molecule has 1 unspecified atom stereocenters. The summed E-state index contributed by atoms with van der Waals surface area (Å²) in [5.41, 5.74) is 0.297. The number of hydrogen-bond acceptors (Lipinski definition) is 8. The molecule has 6 rings (SSSR count). The molecule has 0 spiro atoms. The summed E-state index contributed by atoms with van der Waals surface area (Å²) in [7, 11) is 0. The lowest BCUT2D eigenvalue weighted by Crippen LogP contribution is -2.46. The van der Waals surface area contributed by atoms with Gasteiger partial charge in [0.15, 0.2) is 5.82 Å². The van der Waals surface area contributed by atoms with Crippen LogP contribution in [0, 0.1) is 11.6 Å². The monoisotopic (exact) mass is 564 g/mol. The normalized spacial score (nSPS) is 17.3. The van der Waals surface area contributed by atoms with Gasteiger partial charge in [-0.2, -0.15) is 0 Å². The fraction of sp³-hybridized carbons (Fsp3) is 0.367. The molecule has 214 valence electrons. The summed E-state index contributed by atoms with van der Waals surface area (Å²) in [5.74, 6) is -1.66. The minimum atomic E-state index is -0.792. The van der Waals surface area contributed by atoms with Crippen LogP contribution in [0.4, 0.5) is 14.5 Å². The Morgan fingerprint density at radius 1 is 1.20 bits per heavy atom. The highest BCUT2D eigenvalue weighted by molar-refractivity contribution is 5.97. The van der Waals surface area contributed by atoms with Gasteiger partial charge in [-0.3, -0.25) is 4.79 Å². The van der Waals surface area contributed by atoms with Crippen LogP contribution >= 0.6 is 0 Å². The van der Waals surface area contributed by atoms with E-state index in [2.05, 4.69) is 10.3 Å². The highest BCUT2D eigenvalue weighted by Crippen LogP contribution is 2.38. The largest absolute Gasteiger partial charge is 0.491 e. The Bertz CT molecular complexity index is 1690. The van der Waals surface area contributed by atoms with Crippen LogP contribution < -0.4 is 20.4 Å². The summed E-state index contributed by atoms with van der Waals surface area (Å²) in [6.07, 6.45) is 3.13. The van der Waals surface area contributed by atoms with Crippen molar-refractivity contribution in [1.82, 2.24) is 14.9 Å². The number of aromatic nitrogens is 2. The topological polar surface area (TPSA) is 106 Å². The molecule has 2 aromatic heterocycles. The van der Waals surface area contributed by atoms with Crippen LogP contribution in [-0.4, -0.2) is 60.1 Å². The van der Waals surface area contributed by atoms with E-state index in [-0.39, 0.29) is 65.1 Å². The summed E-state index contributed by atoms with van der Waals surface area (Å²) in [6, 6.07) is 9.83. The first-order chi connectivity index (χ1) is 19.9. The first-order valence-corrected chi connectivity index (χ1v) is 13.8. The Morgan fingerprint density at radius 2 is 1.98 bits per heavy atom. The molecule has 0 bridgehead atoms. The zero-order chi connectivity index (χ0) is 28.7. The quantitative estimate of drug-likeness (QED) is 0.246. The van der Waals surface area contributed by atoms with Gasteiger partial charge in [0.1, 0.15) is 40.6 Å². The van der Waals surface area contributed by atoms with Crippen molar-refractivity contribution in [3.63, 3.8) is 0 Å². The number of benzene rings is 2. The van der Waals surface area contributed by atoms with E-state index < -0.39 is 23.0 Å². The van der Waals surface area contributed by atoms with Crippen LogP contribution in [0.3, 0.4) is 0 Å². The lowest BCUT2D eigenvalue weighted by Gasteiger charge is -2.36. The molecule has 41 heavy (non-hydrogen) atoms. The Balaban J connectivity index is 1.39. The van der Waals surface area contributed by atoms with Crippen LogP contribution in [0.2, 0.25) is 0 Å². The van der Waals surface area contributed by atoms with Gasteiger partial charge in [-0.25, -0.2) is 18.6 Å². The number of halogens is 2. The summed E-state index contributed by atoms with van der Waals surface area (Å²) in [4.78, 5) is 31.9. The van der Waals surface area contributed by atoms with E-state index in [1.165, 1.54) is 18.3 Å². The third kappa shape index (κ3) is 5.11. The minimum absolute atomic E-state index is 0.0351. The number of aliphatic hydroxyl groups excluding tert-OH is 1. The zero-order valence-electron chi connectivity index (χ0n) is 22.5. The molecule has 2 fully saturated rings. The molecular formula is C30H30F2N4O5. The molecular weight excluding hydrogens is 534 g/mol. The number of aliphatic hydroxyl groups is 1. The molecule has 1 aliphatic carbocycles. The first-order valence-electron chi connectivity index (χ1n) is 13.8. The zero-order valence-corrected chi connectivity index (χ0v) is 22.5. The van der Waals surface area contributed by atoms with Crippen molar-refractivity contribution in [3.05, 3.63) is 75.6 Å². The molecule has 2 N–H and O–H groups in total. The van der Waals surface area contributed by atoms with Crippen molar-refractivity contribution in [2.75, 3.05) is 44.4 Å². The smallest absolute Gasteiger partial charge is 0.343 e. The molecule has 1 aliphatic heterocycles. The maximum absolute atomic E-state index is 16.1. The van der Waals surface area contributed by atoms with Crippen LogP contribution in [0.15, 0.2) is 47.4 Å². The molecule has 3 heterocycles. The minimum Gasteiger partial charge on any atom is -0.491 e. The lowest BCUT2D eigenvalue weighted by atomic mass is 10.0. The summed E-state index contributed by atoms with van der Waals surface area (Å²) >= 11 is 0. The van der Waals surface area contributed by atoms with Gasteiger partial charge in [0.05, 0.1) is 18.6 Å². The van der Waals surface area contributed by atoms with Gasteiger partial charge < -0.3 is 29.4 Å². The third-order valence-corrected chi connectivity index (χ3v) is 7.53. The lowest BCUT2D eigenvalue weighted by molar-refractivity contribution is 0.0524. The molecule has 11 heteroatoms. The molecule has 1 saturated carbocycles. The second-order valence-electron chi connectivity index (χ2n) is 10.3. The first kappa shape index (κ1) is 27.1. The van der Waals surface area contributed by atoms with Crippen molar-refractivity contribution < 1.29 is 28.2 Å². The molecule has 1 atom stereocenters. The highest BCUT2D eigenvalue weighted by atomic mass is 19.1. The highest BCUT2D eigenvalue weighted by Gasteiger charge is 2.30. The molecule has 0 amide bonds. The van der Waals surface area contributed by atoms with Crippen LogP contribution in [0.1, 0.15) is 47.8 Å². The van der Waals surface area contributed by atoms with E-state index in [0.717, 1.165) is 18.4 Å². The van der Waals surface area contributed by atoms with Crippen molar-refractivity contribution in [1.29, 1.82) is 0 Å². The van der Waals surface area contributed by atoms with Gasteiger partial charge in [-0.1, -0.05) is 12.1 Å². The van der Waals surface area contributed by atoms with Crippen molar-refractivity contribution in [3.8, 4) is 5.75 Å². The molecule has 9 nitrogen and oxygen atoms in total. The van der Waals surface area contributed by atoms with Crippen molar-refractivity contribution in [2.45, 2.75) is 31.8 Å². The molecule has 1 saturated heterocycles. The van der Waals surface area contributed by atoms with E-state index in [1.807, 2.05) is 12.1 Å². The fourth-order valence-electron chi connectivity index (χ4n) is 5.41. The SMILES string of the molecule is CCOC(=O)c1cn(C2CC2)c2nc3c(F)c(N4CCNC(c5ccc(OCCO)cc5)C4)c(F)cc3cc2c1=O. The molecule has 2 aliphatic rings. The predicted molar refractivity (Wildman–Crippen MR) is 150 cm³/mol. The Hall–Kier alpha value is -4.09. The number of rotatable bonds is 8. The fourth-order valence-corrected chi connectivity index (χ4v) is 5.41. The average Bonchev–Trinajstić information content (AvgIpc) is 3.82. The van der Waals surface area contributed by atoms with Gasteiger partial charge in [-0.05, 0) is 49.6 Å². The number of fused-ring (bicyclic) bond motifs is 2. The third-order valence-electron chi connectivity index (χ3n) is 7.53.